The Hall–Kier alpha value is -1.20. The van der Waals surface area contributed by atoms with Crippen LogP contribution in [0.25, 0.3) is 0 Å². The van der Waals surface area contributed by atoms with Gasteiger partial charge >= 0.3 is 0 Å². The summed E-state index contributed by atoms with van der Waals surface area (Å²) in [5, 5.41) is 11.7. The highest BCUT2D eigenvalue weighted by Crippen LogP contribution is 2.13. The van der Waals surface area contributed by atoms with E-state index in [0.29, 0.717) is 12.1 Å². The molecule has 1 aromatic carbocycles. The Morgan fingerprint density at radius 1 is 1.56 bits per heavy atom. The number of nitrogens with one attached hydrogen (secondary N) is 1. The predicted octanol–water partition coefficient (Wildman–Crippen LogP) is 1.96. The molecule has 0 saturated heterocycles. The number of hydrogen-bond donors (Lipinski definition) is 3. The molecule has 1 rings (SSSR count). The fourth-order valence-corrected chi connectivity index (χ4v) is 2.35. The zero-order valence-corrected chi connectivity index (χ0v) is 11.4. The van der Waals surface area contributed by atoms with Gasteiger partial charge in [-0.05, 0) is 29.9 Å². The van der Waals surface area contributed by atoms with Crippen LogP contribution < -0.4 is 11.1 Å². The van der Waals surface area contributed by atoms with E-state index in [4.69, 9.17) is 10.8 Å². The zero-order chi connectivity index (χ0) is 13.4. The first kappa shape index (κ1) is 14.9. The number of carbonyl (C=O) groups is 1. The van der Waals surface area contributed by atoms with Crippen LogP contribution in [0.2, 0.25) is 0 Å². The highest BCUT2D eigenvalue weighted by molar-refractivity contribution is 7.99. The molecule has 5 heteroatoms. The fourth-order valence-electron chi connectivity index (χ4n) is 1.34. The van der Waals surface area contributed by atoms with Gasteiger partial charge < -0.3 is 16.2 Å². The van der Waals surface area contributed by atoms with Crippen LogP contribution >= 0.6 is 11.8 Å². The number of hydrogen-bond acceptors (Lipinski definition) is 4. The van der Waals surface area contributed by atoms with Crippen molar-refractivity contribution in [3.05, 3.63) is 24.3 Å². The molecule has 4 N–H and O–H groups in total. The van der Waals surface area contributed by atoms with Gasteiger partial charge in [-0.1, -0.05) is 13.0 Å². The number of carbonyl (C=O) groups excluding carboxylic acids is 1. The first-order chi connectivity index (χ1) is 8.61. The van der Waals surface area contributed by atoms with Gasteiger partial charge in [0.1, 0.15) is 0 Å². The molecule has 100 valence electrons. The monoisotopic (exact) mass is 268 g/mol. The molecule has 1 amide bonds. The molecule has 0 bridgehead atoms. The third-order valence-corrected chi connectivity index (χ3v) is 3.66. The average Bonchev–Trinajstić information content (AvgIpc) is 2.34. The molecule has 18 heavy (non-hydrogen) atoms. The maximum atomic E-state index is 11.6. The lowest BCUT2D eigenvalue weighted by atomic mass is 10.2. The molecule has 0 aromatic heterocycles. The van der Waals surface area contributed by atoms with Gasteiger partial charge in [-0.3, -0.25) is 4.79 Å². The van der Waals surface area contributed by atoms with E-state index in [9.17, 15) is 4.79 Å². The summed E-state index contributed by atoms with van der Waals surface area (Å²) in [4.78, 5) is 11.6. The van der Waals surface area contributed by atoms with Crippen LogP contribution in [0.1, 0.15) is 13.3 Å². The highest BCUT2D eigenvalue weighted by atomic mass is 32.2. The van der Waals surface area contributed by atoms with Crippen molar-refractivity contribution >= 4 is 29.0 Å². The minimum absolute atomic E-state index is 0.00949. The molecule has 1 aromatic rings. The molecule has 0 radical (unpaired) electrons. The minimum atomic E-state index is -0.00949. The second-order valence-electron chi connectivity index (χ2n) is 4.29. The highest BCUT2D eigenvalue weighted by Gasteiger charge is 2.04. The summed E-state index contributed by atoms with van der Waals surface area (Å²) in [6, 6.07) is 7.14. The van der Waals surface area contributed by atoms with Crippen molar-refractivity contribution in [2.75, 3.05) is 29.2 Å². The van der Waals surface area contributed by atoms with Gasteiger partial charge in [0, 0.05) is 30.2 Å². The van der Waals surface area contributed by atoms with Crippen LogP contribution in [0.3, 0.4) is 0 Å². The van der Waals surface area contributed by atoms with Crippen LogP contribution in [0.5, 0.6) is 0 Å². The lowest BCUT2D eigenvalue weighted by Gasteiger charge is -2.08. The summed E-state index contributed by atoms with van der Waals surface area (Å²) in [5.74, 6) is 1.91. The van der Waals surface area contributed by atoms with Gasteiger partial charge in [-0.15, -0.1) is 0 Å². The van der Waals surface area contributed by atoms with Crippen LogP contribution in [-0.4, -0.2) is 29.1 Å². The second kappa shape index (κ2) is 8.00. The van der Waals surface area contributed by atoms with Crippen molar-refractivity contribution in [2.45, 2.75) is 13.3 Å². The minimum Gasteiger partial charge on any atom is -0.399 e. The predicted molar refractivity (Wildman–Crippen MR) is 77.7 cm³/mol. The molecule has 0 saturated carbocycles. The van der Waals surface area contributed by atoms with Crippen molar-refractivity contribution in [3.8, 4) is 0 Å². The number of aliphatic hydroxyl groups is 1. The zero-order valence-electron chi connectivity index (χ0n) is 10.6. The van der Waals surface area contributed by atoms with E-state index in [0.717, 1.165) is 17.2 Å². The average molecular weight is 268 g/mol. The van der Waals surface area contributed by atoms with Gasteiger partial charge in [0.15, 0.2) is 0 Å². The molecular weight excluding hydrogens is 248 g/mol. The van der Waals surface area contributed by atoms with Crippen molar-refractivity contribution in [3.63, 3.8) is 0 Å². The number of amides is 1. The smallest absolute Gasteiger partial charge is 0.225 e. The lowest BCUT2D eigenvalue weighted by Crippen LogP contribution is -2.13. The van der Waals surface area contributed by atoms with Crippen molar-refractivity contribution in [1.29, 1.82) is 0 Å². The normalized spacial score (nSPS) is 12.1. The summed E-state index contributed by atoms with van der Waals surface area (Å²) in [7, 11) is 0. The van der Waals surface area contributed by atoms with E-state index in [1.807, 2.05) is 19.1 Å². The maximum absolute atomic E-state index is 11.6. The standard InChI is InChI=1S/C13H20N2O2S/c1-10(8-16)9-18-6-5-13(17)15-12-4-2-3-11(14)7-12/h2-4,7,10,16H,5-6,8-9,14H2,1H3,(H,15,17). The topological polar surface area (TPSA) is 75.3 Å². The first-order valence-corrected chi connectivity index (χ1v) is 7.11. The quantitative estimate of drug-likeness (QED) is 0.522. The van der Waals surface area contributed by atoms with E-state index in [1.54, 1.807) is 23.9 Å². The summed E-state index contributed by atoms with van der Waals surface area (Å²) in [5.41, 5.74) is 6.99. The largest absolute Gasteiger partial charge is 0.399 e. The summed E-state index contributed by atoms with van der Waals surface area (Å²) in [6.45, 7) is 2.18. The number of nitrogens with two attached hydrogens (primary N) is 1. The van der Waals surface area contributed by atoms with Gasteiger partial charge in [-0.25, -0.2) is 0 Å². The molecule has 1 unspecified atom stereocenters. The number of rotatable bonds is 7. The molecular formula is C13H20N2O2S. The molecule has 0 aliphatic heterocycles. The van der Waals surface area contributed by atoms with E-state index in [2.05, 4.69) is 5.32 Å². The fraction of sp³-hybridized carbons (Fsp3) is 0.462. The third kappa shape index (κ3) is 5.93. The Balaban J connectivity index is 2.22. The number of anilines is 2. The molecule has 0 aliphatic rings. The number of thioether (sulfide) groups is 1. The van der Waals surface area contributed by atoms with Crippen LogP contribution in [0.15, 0.2) is 24.3 Å². The van der Waals surface area contributed by atoms with Gasteiger partial charge in [0.25, 0.3) is 0 Å². The first-order valence-electron chi connectivity index (χ1n) is 5.96. The molecule has 4 nitrogen and oxygen atoms in total. The summed E-state index contributed by atoms with van der Waals surface area (Å²) < 4.78 is 0. The molecule has 0 fully saturated rings. The van der Waals surface area contributed by atoms with E-state index < -0.39 is 0 Å². The lowest BCUT2D eigenvalue weighted by molar-refractivity contribution is -0.115. The molecule has 0 spiro atoms. The Morgan fingerprint density at radius 2 is 2.33 bits per heavy atom. The van der Waals surface area contributed by atoms with Crippen LogP contribution in [0.4, 0.5) is 11.4 Å². The SMILES string of the molecule is CC(CO)CSCCC(=O)Nc1cccc(N)c1. The molecule has 0 aliphatic carbocycles. The van der Waals surface area contributed by atoms with E-state index >= 15 is 0 Å². The van der Waals surface area contributed by atoms with E-state index in [-0.39, 0.29) is 18.4 Å². The van der Waals surface area contributed by atoms with Crippen LogP contribution in [0, 0.1) is 5.92 Å². The third-order valence-electron chi connectivity index (χ3n) is 2.36. The number of nitrogen functional groups attached to an aromatic ring is 1. The number of aliphatic hydroxyl groups excluding tert-OH is 1. The number of benzene rings is 1. The van der Waals surface area contributed by atoms with Gasteiger partial charge in [0.2, 0.25) is 5.91 Å². The Labute approximate surface area is 112 Å². The molecule has 1 atom stereocenters. The second-order valence-corrected chi connectivity index (χ2v) is 5.44. The Kier molecular flexibility index (Phi) is 6.60. The molecule has 0 heterocycles. The van der Waals surface area contributed by atoms with E-state index in [1.165, 1.54) is 0 Å². The van der Waals surface area contributed by atoms with Crippen molar-refractivity contribution in [1.82, 2.24) is 0 Å². The maximum Gasteiger partial charge on any atom is 0.225 e. The van der Waals surface area contributed by atoms with Crippen LogP contribution in [-0.2, 0) is 4.79 Å². The Bertz CT molecular complexity index is 385. The van der Waals surface area contributed by atoms with Gasteiger partial charge in [-0.2, -0.15) is 11.8 Å². The summed E-state index contributed by atoms with van der Waals surface area (Å²) in [6.07, 6.45) is 0.470. The Morgan fingerprint density at radius 3 is 3.00 bits per heavy atom. The van der Waals surface area contributed by atoms with Crippen molar-refractivity contribution < 1.29 is 9.90 Å². The van der Waals surface area contributed by atoms with Gasteiger partial charge in [0.05, 0.1) is 0 Å². The van der Waals surface area contributed by atoms with Crippen molar-refractivity contribution in [2.24, 2.45) is 5.92 Å². The summed E-state index contributed by atoms with van der Waals surface area (Å²) >= 11 is 1.68.